The van der Waals surface area contributed by atoms with Crippen molar-refractivity contribution < 1.29 is 23.8 Å². The Kier molecular flexibility index (Phi) is 11.5. The minimum Gasteiger partial charge on any atom is -0.465 e. The summed E-state index contributed by atoms with van der Waals surface area (Å²) in [6.45, 7) is 2.07. The highest BCUT2D eigenvalue weighted by Crippen LogP contribution is 2.34. The van der Waals surface area contributed by atoms with Crippen LogP contribution in [0.1, 0.15) is 63.0 Å². The lowest BCUT2D eigenvalue weighted by Gasteiger charge is -2.38. The Morgan fingerprint density at radius 1 is 1.19 bits per heavy atom. The van der Waals surface area contributed by atoms with Gasteiger partial charge in [-0.05, 0) is 56.0 Å². The highest BCUT2D eigenvalue weighted by molar-refractivity contribution is 6.30. The summed E-state index contributed by atoms with van der Waals surface area (Å²) in [7, 11) is 1.90. The van der Waals surface area contributed by atoms with E-state index in [1.54, 1.807) is 6.07 Å². The Morgan fingerprint density at radius 3 is 2.67 bits per heavy atom. The molecule has 36 heavy (non-hydrogen) atoms. The highest BCUT2D eigenvalue weighted by Gasteiger charge is 2.32. The number of halogens is 2. The first-order chi connectivity index (χ1) is 17.4. The number of urea groups is 1. The Balaban J connectivity index is 1.65. The van der Waals surface area contributed by atoms with Gasteiger partial charge in [-0.3, -0.25) is 0 Å². The van der Waals surface area contributed by atoms with Crippen molar-refractivity contribution >= 4 is 23.7 Å². The molecule has 3 rings (SSSR count). The van der Waals surface area contributed by atoms with Crippen LogP contribution in [0.4, 0.5) is 14.0 Å². The molecule has 202 valence electrons. The fourth-order valence-electron chi connectivity index (χ4n) is 5.56. The molecule has 1 unspecified atom stereocenters. The van der Waals surface area contributed by atoms with Gasteiger partial charge in [0.15, 0.2) is 0 Å². The third-order valence-corrected chi connectivity index (χ3v) is 7.40. The van der Waals surface area contributed by atoms with Crippen LogP contribution in [0.3, 0.4) is 0 Å². The normalized spacial score (nSPS) is 20.5. The number of hydrogen-bond donors (Lipinski definition) is 4. The number of piperidine rings is 1. The molecule has 2 aliphatic rings. The van der Waals surface area contributed by atoms with Gasteiger partial charge in [0.05, 0.1) is 12.7 Å². The molecule has 2 fully saturated rings. The average molecular weight is 527 g/mol. The first-order valence-corrected chi connectivity index (χ1v) is 13.5. The van der Waals surface area contributed by atoms with E-state index in [1.807, 2.05) is 11.9 Å². The molecule has 4 N–H and O–H groups in total. The van der Waals surface area contributed by atoms with Crippen molar-refractivity contribution in [2.45, 2.75) is 63.5 Å². The number of nitrogens with zero attached hydrogens (tertiary/aromatic N) is 1. The zero-order valence-corrected chi connectivity index (χ0v) is 21.9. The standard InChI is InChI=1S/C26H40ClFN4O4/c1-29-16-23(12-18-6-3-2-4-7-18)31-25(33)32-10-5-8-19(17-32)24(36-11-9-30-26(34)35)20-13-21(27)15-22(28)14-20/h13-15,18-19,23-24,29-30H,2-12,16-17H2,1H3,(H,31,33)(H,34,35)/t19-,23+,24?/m1/s1. The molecule has 1 saturated carbocycles. The van der Waals surface area contributed by atoms with E-state index >= 15 is 0 Å². The van der Waals surface area contributed by atoms with Gasteiger partial charge in [0.2, 0.25) is 0 Å². The molecule has 1 aromatic rings. The Morgan fingerprint density at radius 2 is 1.97 bits per heavy atom. The maximum Gasteiger partial charge on any atom is 0.404 e. The van der Waals surface area contributed by atoms with E-state index in [1.165, 1.54) is 44.2 Å². The molecule has 1 aliphatic carbocycles. The molecule has 1 saturated heterocycles. The van der Waals surface area contributed by atoms with Gasteiger partial charge in [-0.15, -0.1) is 0 Å². The number of nitrogens with one attached hydrogen (secondary N) is 3. The second-order valence-corrected chi connectivity index (χ2v) is 10.5. The lowest BCUT2D eigenvalue weighted by atomic mass is 9.85. The summed E-state index contributed by atoms with van der Waals surface area (Å²) in [5.74, 6) is 0.118. The monoisotopic (exact) mass is 526 g/mol. The van der Waals surface area contributed by atoms with E-state index in [2.05, 4.69) is 16.0 Å². The molecular formula is C26H40ClFN4O4. The number of carbonyl (C=O) groups excluding carboxylic acids is 1. The number of hydrogen-bond acceptors (Lipinski definition) is 4. The van der Waals surface area contributed by atoms with E-state index in [9.17, 15) is 14.0 Å². The van der Waals surface area contributed by atoms with Gasteiger partial charge < -0.3 is 30.7 Å². The summed E-state index contributed by atoms with van der Waals surface area (Å²) < 4.78 is 20.2. The van der Waals surface area contributed by atoms with Gasteiger partial charge in [0.25, 0.3) is 0 Å². The van der Waals surface area contributed by atoms with E-state index in [0.29, 0.717) is 24.6 Å². The first kappa shape index (κ1) is 28.5. The van der Waals surface area contributed by atoms with Gasteiger partial charge in [-0.1, -0.05) is 43.7 Å². The van der Waals surface area contributed by atoms with Crippen LogP contribution in [0.25, 0.3) is 0 Å². The van der Waals surface area contributed by atoms with E-state index in [0.717, 1.165) is 25.8 Å². The van der Waals surface area contributed by atoms with Crippen molar-refractivity contribution in [1.29, 1.82) is 0 Å². The van der Waals surface area contributed by atoms with Crippen molar-refractivity contribution in [2.24, 2.45) is 11.8 Å². The van der Waals surface area contributed by atoms with E-state index in [4.69, 9.17) is 21.4 Å². The van der Waals surface area contributed by atoms with Crippen LogP contribution in [-0.2, 0) is 4.74 Å². The van der Waals surface area contributed by atoms with Crippen molar-refractivity contribution in [3.63, 3.8) is 0 Å². The van der Waals surface area contributed by atoms with Crippen LogP contribution in [0.5, 0.6) is 0 Å². The number of benzene rings is 1. The van der Waals surface area contributed by atoms with Crippen LogP contribution in [-0.4, -0.2) is 68.0 Å². The third-order valence-electron chi connectivity index (χ3n) is 7.18. The zero-order valence-electron chi connectivity index (χ0n) is 21.1. The van der Waals surface area contributed by atoms with E-state index < -0.39 is 18.0 Å². The summed E-state index contributed by atoms with van der Waals surface area (Å²) >= 11 is 6.12. The number of carboxylic acid groups (broad SMARTS) is 1. The Labute approximate surface area is 218 Å². The van der Waals surface area contributed by atoms with Crippen LogP contribution >= 0.6 is 11.6 Å². The average Bonchev–Trinajstić information content (AvgIpc) is 2.84. The predicted octanol–water partition coefficient (Wildman–Crippen LogP) is 4.78. The number of rotatable bonds is 11. The van der Waals surface area contributed by atoms with E-state index in [-0.39, 0.29) is 36.2 Å². The summed E-state index contributed by atoms with van der Waals surface area (Å²) in [6, 6.07) is 4.30. The number of likely N-dealkylation sites (N-methyl/N-ethyl adjacent to an activating group) is 1. The second-order valence-electron chi connectivity index (χ2n) is 10.0. The summed E-state index contributed by atoms with van der Waals surface area (Å²) in [5, 5.41) is 17.8. The molecular weight excluding hydrogens is 487 g/mol. The van der Waals surface area contributed by atoms with Gasteiger partial charge >= 0.3 is 12.1 Å². The third kappa shape index (κ3) is 9.09. The minimum absolute atomic E-state index is 0.0714. The van der Waals surface area contributed by atoms with Gasteiger partial charge in [-0.2, -0.15) is 0 Å². The Bertz CT molecular complexity index is 835. The SMILES string of the molecule is CNC[C@H](CC1CCCCC1)NC(=O)N1CCC[C@@H](C(OCCNC(=O)O)c2cc(F)cc(Cl)c2)C1. The zero-order chi connectivity index (χ0) is 25.9. The largest absolute Gasteiger partial charge is 0.465 e. The number of carbonyl (C=O) groups is 2. The van der Waals surface area contributed by atoms with Crippen LogP contribution in [0.2, 0.25) is 5.02 Å². The maximum absolute atomic E-state index is 14.2. The molecule has 0 radical (unpaired) electrons. The number of amides is 3. The Hall–Kier alpha value is -2.10. The lowest BCUT2D eigenvalue weighted by molar-refractivity contribution is -0.00866. The van der Waals surface area contributed by atoms with Crippen molar-refractivity contribution in [3.8, 4) is 0 Å². The molecule has 10 heteroatoms. The summed E-state index contributed by atoms with van der Waals surface area (Å²) in [4.78, 5) is 25.9. The van der Waals surface area contributed by atoms with Crippen LogP contribution in [0.15, 0.2) is 18.2 Å². The van der Waals surface area contributed by atoms with Crippen molar-refractivity contribution in [3.05, 3.63) is 34.6 Å². The fourth-order valence-corrected chi connectivity index (χ4v) is 5.79. The van der Waals surface area contributed by atoms with Crippen LogP contribution in [0, 0.1) is 17.7 Å². The summed E-state index contributed by atoms with van der Waals surface area (Å²) in [5.41, 5.74) is 0.591. The molecule has 3 amide bonds. The smallest absolute Gasteiger partial charge is 0.404 e. The van der Waals surface area contributed by atoms with Gasteiger partial charge in [0, 0.05) is 43.2 Å². The van der Waals surface area contributed by atoms with Gasteiger partial charge in [-0.25, -0.2) is 14.0 Å². The molecule has 0 aromatic heterocycles. The lowest BCUT2D eigenvalue weighted by Crippen LogP contribution is -2.52. The fraction of sp³-hybridized carbons (Fsp3) is 0.692. The molecule has 1 aromatic carbocycles. The molecule has 3 atom stereocenters. The second kappa shape index (κ2) is 14.6. The highest BCUT2D eigenvalue weighted by atomic mass is 35.5. The molecule has 1 aliphatic heterocycles. The van der Waals surface area contributed by atoms with Crippen LogP contribution < -0.4 is 16.0 Å². The minimum atomic E-state index is -1.13. The molecule has 0 spiro atoms. The molecule has 1 heterocycles. The molecule has 0 bridgehead atoms. The first-order valence-electron chi connectivity index (χ1n) is 13.1. The summed E-state index contributed by atoms with van der Waals surface area (Å²) in [6.07, 6.45) is 7.24. The van der Waals surface area contributed by atoms with Crippen molar-refractivity contribution in [2.75, 3.05) is 39.8 Å². The predicted molar refractivity (Wildman–Crippen MR) is 138 cm³/mol. The quantitative estimate of drug-likeness (QED) is 0.311. The number of ether oxygens (including phenoxy) is 1. The number of likely N-dealkylation sites (tertiary alicyclic amines) is 1. The maximum atomic E-state index is 14.2. The van der Waals surface area contributed by atoms with Crippen molar-refractivity contribution in [1.82, 2.24) is 20.9 Å². The topological polar surface area (TPSA) is 103 Å². The van der Waals surface area contributed by atoms with Gasteiger partial charge in [0.1, 0.15) is 5.82 Å². The molecule has 8 nitrogen and oxygen atoms in total.